The van der Waals surface area contributed by atoms with E-state index in [1.54, 1.807) is 31.4 Å². The number of benzene rings is 2. The van der Waals surface area contributed by atoms with E-state index in [9.17, 15) is 4.79 Å². The van der Waals surface area contributed by atoms with Crippen molar-refractivity contribution >= 4 is 23.3 Å². The average Bonchev–Trinajstić information content (AvgIpc) is 2.53. The van der Waals surface area contributed by atoms with Crippen LogP contribution >= 0.6 is 11.6 Å². The van der Waals surface area contributed by atoms with E-state index in [1.165, 1.54) is 7.11 Å². The van der Waals surface area contributed by atoms with E-state index >= 15 is 0 Å². The highest BCUT2D eigenvalue weighted by molar-refractivity contribution is 6.30. The minimum absolute atomic E-state index is 0.386. The molecule has 2 aromatic rings. The molecule has 1 unspecified atom stereocenters. The number of carbonyl (C=O) groups excluding carboxylic acids is 1. The molecule has 4 nitrogen and oxygen atoms in total. The lowest BCUT2D eigenvalue weighted by molar-refractivity contribution is -0.141. The number of nitrogens with one attached hydrogen (secondary N) is 1. The van der Waals surface area contributed by atoms with E-state index in [0.717, 1.165) is 5.56 Å². The normalized spacial score (nSPS) is 11.6. The van der Waals surface area contributed by atoms with Crippen molar-refractivity contribution in [1.29, 1.82) is 0 Å². The first-order chi connectivity index (χ1) is 10.2. The van der Waals surface area contributed by atoms with E-state index in [1.807, 2.05) is 24.3 Å². The van der Waals surface area contributed by atoms with Gasteiger partial charge in [0, 0.05) is 5.02 Å². The highest BCUT2D eigenvalue weighted by Crippen LogP contribution is 2.29. The SMILES string of the molecule is COC(=O)C(Nc1ccccc1OC)c1ccc(Cl)cc1. The fraction of sp³-hybridized carbons (Fsp3) is 0.188. The molecule has 0 bridgehead atoms. The van der Waals surface area contributed by atoms with Crippen LogP contribution in [0, 0.1) is 0 Å². The van der Waals surface area contributed by atoms with Gasteiger partial charge in [-0.25, -0.2) is 4.79 Å². The van der Waals surface area contributed by atoms with Crippen molar-refractivity contribution in [3.05, 3.63) is 59.1 Å². The Morgan fingerprint density at radius 3 is 2.38 bits per heavy atom. The molecule has 21 heavy (non-hydrogen) atoms. The van der Waals surface area contributed by atoms with Crippen LogP contribution in [0.25, 0.3) is 0 Å². The van der Waals surface area contributed by atoms with Crippen molar-refractivity contribution in [3.63, 3.8) is 0 Å². The molecule has 0 aromatic heterocycles. The molecule has 0 aliphatic heterocycles. The molecule has 0 heterocycles. The van der Waals surface area contributed by atoms with Crippen LogP contribution in [0.5, 0.6) is 5.75 Å². The van der Waals surface area contributed by atoms with Crippen LogP contribution in [0.4, 0.5) is 5.69 Å². The number of para-hydroxylation sites is 2. The first-order valence-corrected chi connectivity index (χ1v) is 6.76. The molecule has 0 fully saturated rings. The van der Waals surface area contributed by atoms with Gasteiger partial charge in [0.1, 0.15) is 5.75 Å². The van der Waals surface area contributed by atoms with Crippen LogP contribution in [0.1, 0.15) is 11.6 Å². The van der Waals surface area contributed by atoms with Gasteiger partial charge in [0.25, 0.3) is 0 Å². The van der Waals surface area contributed by atoms with Crippen LogP contribution in [0.3, 0.4) is 0 Å². The molecule has 0 spiro atoms. The second-order valence-electron chi connectivity index (χ2n) is 4.35. The monoisotopic (exact) mass is 305 g/mol. The molecule has 1 atom stereocenters. The molecule has 0 aliphatic rings. The molecule has 0 saturated carbocycles. The molecule has 110 valence electrons. The lowest BCUT2D eigenvalue weighted by atomic mass is 10.1. The van der Waals surface area contributed by atoms with Gasteiger partial charge in [-0.1, -0.05) is 35.9 Å². The highest BCUT2D eigenvalue weighted by atomic mass is 35.5. The zero-order chi connectivity index (χ0) is 15.2. The maximum Gasteiger partial charge on any atom is 0.332 e. The van der Waals surface area contributed by atoms with Gasteiger partial charge in [-0.15, -0.1) is 0 Å². The summed E-state index contributed by atoms with van der Waals surface area (Å²) < 4.78 is 10.1. The van der Waals surface area contributed by atoms with Gasteiger partial charge >= 0.3 is 5.97 Å². The van der Waals surface area contributed by atoms with Gasteiger partial charge in [-0.3, -0.25) is 0 Å². The van der Waals surface area contributed by atoms with Crippen LogP contribution in [0.15, 0.2) is 48.5 Å². The number of carbonyl (C=O) groups is 1. The predicted octanol–water partition coefficient (Wildman–Crippen LogP) is 3.67. The summed E-state index contributed by atoms with van der Waals surface area (Å²) >= 11 is 5.88. The van der Waals surface area contributed by atoms with Gasteiger partial charge in [0.15, 0.2) is 6.04 Å². The number of rotatable bonds is 5. The Balaban J connectivity index is 2.33. The molecular weight excluding hydrogens is 290 g/mol. The number of hydrogen-bond donors (Lipinski definition) is 1. The smallest absolute Gasteiger partial charge is 0.332 e. The summed E-state index contributed by atoms with van der Waals surface area (Å²) in [6, 6.07) is 13.8. The number of anilines is 1. The van der Waals surface area contributed by atoms with Crippen LogP contribution in [-0.4, -0.2) is 20.2 Å². The minimum atomic E-state index is -0.636. The maximum absolute atomic E-state index is 12.0. The molecule has 1 N–H and O–H groups in total. The van der Waals surface area contributed by atoms with E-state index in [2.05, 4.69) is 5.32 Å². The number of halogens is 1. The summed E-state index contributed by atoms with van der Waals surface area (Å²) in [5, 5.41) is 3.75. The van der Waals surface area contributed by atoms with Crippen LogP contribution in [0.2, 0.25) is 5.02 Å². The lowest BCUT2D eigenvalue weighted by Gasteiger charge is -2.19. The van der Waals surface area contributed by atoms with E-state index in [-0.39, 0.29) is 5.97 Å². The van der Waals surface area contributed by atoms with Crippen molar-refractivity contribution in [2.45, 2.75) is 6.04 Å². The van der Waals surface area contributed by atoms with Crippen molar-refractivity contribution in [3.8, 4) is 5.75 Å². The quantitative estimate of drug-likeness (QED) is 0.856. The molecule has 0 radical (unpaired) electrons. The Bertz CT molecular complexity index is 613. The summed E-state index contributed by atoms with van der Waals surface area (Å²) in [5.74, 6) is 0.267. The van der Waals surface area contributed by atoms with Crippen LogP contribution < -0.4 is 10.1 Å². The molecule has 2 aromatic carbocycles. The summed E-state index contributed by atoms with van der Waals surface area (Å²) in [6.45, 7) is 0. The number of esters is 1. The Morgan fingerprint density at radius 2 is 1.76 bits per heavy atom. The molecule has 0 saturated heterocycles. The third kappa shape index (κ3) is 3.67. The second-order valence-corrected chi connectivity index (χ2v) is 4.79. The topological polar surface area (TPSA) is 47.6 Å². The Labute approximate surface area is 128 Å². The van der Waals surface area contributed by atoms with Gasteiger partial charge in [0.05, 0.1) is 19.9 Å². The van der Waals surface area contributed by atoms with Gasteiger partial charge in [-0.05, 0) is 29.8 Å². The lowest BCUT2D eigenvalue weighted by Crippen LogP contribution is -2.22. The molecular formula is C16H16ClNO3. The zero-order valence-corrected chi connectivity index (χ0v) is 12.6. The summed E-state index contributed by atoms with van der Waals surface area (Å²) in [7, 11) is 2.94. The van der Waals surface area contributed by atoms with Crippen molar-refractivity contribution in [2.75, 3.05) is 19.5 Å². The van der Waals surface area contributed by atoms with E-state index < -0.39 is 6.04 Å². The van der Waals surface area contributed by atoms with Gasteiger partial charge < -0.3 is 14.8 Å². The van der Waals surface area contributed by atoms with Crippen molar-refractivity contribution < 1.29 is 14.3 Å². The largest absolute Gasteiger partial charge is 0.495 e. The Morgan fingerprint density at radius 1 is 1.10 bits per heavy atom. The third-order valence-corrected chi connectivity index (χ3v) is 3.30. The fourth-order valence-electron chi connectivity index (χ4n) is 1.97. The summed E-state index contributed by atoms with van der Waals surface area (Å²) in [6.07, 6.45) is 0. The summed E-state index contributed by atoms with van der Waals surface area (Å²) in [4.78, 5) is 12.0. The zero-order valence-electron chi connectivity index (χ0n) is 11.8. The molecule has 5 heteroatoms. The number of hydrogen-bond acceptors (Lipinski definition) is 4. The number of methoxy groups -OCH3 is 2. The fourth-order valence-corrected chi connectivity index (χ4v) is 2.10. The highest BCUT2D eigenvalue weighted by Gasteiger charge is 2.22. The van der Waals surface area contributed by atoms with Gasteiger partial charge in [0.2, 0.25) is 0 Å². The second kappa shape index (κ2) is 6.99. The maximum atomic E-state index is 12.0. The first kappa shape index (κ1) is 15.2. The third-order valence-electron chi connectivity index (χ3n) is 3.05. The number of ether oxygens (including phenoxy) is 2. The van der Waals surface area contributed by atoms with Crippen molar-refractivity contribution in [1.82, 2.24) is 0 Å². The predicted molar refractivity (Wildman–Crippen MR) is 82.8 cm³/mol. The minimum Gasteiger partial charge on any atom is -0.495 e. The average molecular weight is 306 g/mol. The standard InChI is InChI=1S/C16H16ClNO3/c1-20-14-6-4-3-5-13(14)18-15(16(19)21-2)11-7-9-12(17)10-8-11/h3-10,15,18H,1-2H3. The van der Waals surface area contributed by atoms with Crippen molar-refractivity contribution in [2.24, 2.45) is 0 Å². The Hall–Kier alpha value is -2.20. The van der Waals surface area contributed by atoms with Gasteiger partial charge in [-0.2, -0.15) is 0 Å². The Kier molecular flexibility index (Phi) is 5.06. The van der Waals surface area contributed by atoms with E-state index in [4.69, 9.17) is 21.1 Å². The van der Waals surface area contributed by atoms with Crippen LogP contribution in [-0.2, 0) is 9.53 Å². The molecule has 2 rings (SSSR count). The molecule has 0 amide bonds. The van der Waals surface area contributed by atoms with E-state index in [0.29, 0.717) is 16.5 Å². The molecule has 0 aliphatic carbocycles. The first-order valence-electron chi connectivity index (χ1n) is 6.38. The summed E-state index contributed by atoms with van der Waals surface area (Å²) in [5.41, 5.74) is 1.47.